The first-order chi connectivity index (χ1) is 6.60. The summed E-state index contributed by atoms with van der Waals surface area (Å²) in [5, 5.41) is 0. The van der Waals surface area contributed by atoms with E-state index in [0.717, 1.165) is 0 Å². The Balaban J connectivity index is 3.13. The first-order valence-electron chi connectivity index (χ1n) is 4.09. The monoisotopic (exact) mass is 202 g/mol. The zero-order chi connectivity index (χ0) is 10.7. The van der Waals surface area contributed by atoms with Crippen molar-refractivity contribution in [2.45, 2.75) is 13.0 Å². The van der Waals surface area contributed by atoms with Crippen LogP contribution in [0.5, 0.6) is 5.75 Å². The Labute approximate surface area is 80.8 Å². The number of hydrazine groups is 1. The maximum absolute atomic E-state index is 13.2. The minimum absolute atomic E-state index is 0.315. The number of hydrogen-bond acceptors (Lipinski definition) is 3. The van der Waals surface area contributed by atoms with Crippen LogP contribution in [0.15, 0.2) is 12.1 Å². The maximum Gasteiger partial charge on any atom is 0.190 e. The summed E-state index contributed by atoms with van der Waals surface area (Å²) in [6, 6.07) is 2.06. The van der Waals surface area contributed by atoms with Gasteiger partial charge in [0.1, 0.15) is 0 Å². The van der Waals surface area contributed by atoms with Crippen LogP contribution in [-0.2, 0) is 0 Å². The molecule has 1 unspecified atom stereocenters. The molecule has 1 rings (SSSR count). The molecule has 0 spiro atoms. The summed E-state index contributed by atoms with van der Waals surface area (Å²) in [6.45, 7) is 1.70. The summed E-state index contributed by atoms with van der Waals surface area (Å²) in [5.41, 5.74) is 2.83. The van der Waals surface area contributed by atoms with E-state index in [0.29, 0.717) is 5.56 Å². The number of rotatable bonds is 3. The molecular weight excluding hydrogens is 190 g/mol. The van der Waals surface area contributed by atoms with Crippen LogP contribution >= 0.6 is 0 Å². The van der Waals surface area contributed by atoms with Crippen LogP contribution in [0.25, 0.3) is 0 Å². The van der Waals surface area contributed by atoms with E-state index < -0.39 is 11.6 Å². The molecule has 0 amide bonds. The second-order valence-electron chi connectivity index (χ2n) is 2.91. The van der Waals surface area contributed by atoms with Crippen LogP contribution in [0.3, 0.4) is 0 Å². The highest BCUT2D eigenvalue weighted by atomic mass is 19.1. The summed E-state index contributed by atoms with van der Waals surface area (Å²) in [5.74, 6) is 3.31. The van der Waals surface area contributed by atoms with Gasteiger partial charge in [0.15, 0.2) is 17.4 Å². The van der Waals surface area contributed by atoms with Gasteiger partial charge in [-0.1, -0.05) is 0 Å². The van der Waals surface area contributed by atoms with Crippen LogP contribution in [0.4, 0.5) is 8.78 Å². The molecular formula is C9H12F2N2O. The molecule has 14 heavy (non-hydrogen) atoms. The van der Waals surface area contributed by atoms with E-state index in [-0.39, 0.29) is 11.8 Å². The molecule has 3 nitrogen and oxygen atoms in total. The van der Waals surface area contributed by atoms with Crippen molar-refractivity contribution in [1.82, 2.24) is 5.43 Å². The molecule has 0 aliphatic carbocycles. The number of hydrogen-bond donors (Lipinski definition) is 2. The largest absolute Gasteiger partial charge is 0.491 e. The molecule has 3 N–H and O–H groups in total. The van der Waals surface area contributed by atoms with Gasteiger partial charge in [0.25, 0.3) is 0 Å². The van der Waals surface area contributed by atoms with E-state index in [1.54, 1.807) is 6.92 Å². The lowest BCUT2D eigenvalue weighted by atomic mass is 10.1. The highest BCUT2D eigenvalue weighted by molar-refractivity contribution is 5.32. The minimum atomic E-state index is -0.732. The summed E-state index contributed by atoms with van der Waals surface area (Å²) in [6.07, 6.45) is 0. The van der Waals surface area contributed by atoms with Crippen LogP contribution in [0.1, 0.15) is 18.5 Å². The van der Waals surface area contributed by atoms with Gasteiger partial charge in [-0.25, -0.2) is 8.78 Å². The minimum Gasteiger partial charge on any atom is -0.491 e. The Hall–Kier alpha value is -1.20. The Morgan fingerprint density at radius 2 is 1.86 bits per heavy atom. The number of methoxy groups -OCH3 is 1. The summed E-state index contributed by atoms with van der Waals surface area (Å²) in [7, 11) is 1.21. The third-order valence-corrected chi connectivity index (χ3v) is 1.97. The van der Waals surface area contributed by atoms with Gasteiger partial charge in [-0.05, 0) is 24.6 Å². The van der Waals surface area contributed by atoms with Crippen LogP contribution < -0.4 is 16.0 Å². The van der Waals surface area contributed by atoms with Gasteiger partial charge in [-0.2, -0.15) is 0 Å². The average molecular weight is 202 g/mol. The fourth-order valence-corrected chi connectivity index (χ4v) is 1.12. The molecule has 1 atom stereocenters. The van der Waals surface area contributed by atoms with Crippen molar-refractivity contribution in [1.29, 1.82) is 0 Å². The van der Waals surface area contributed by atoms with Gasteiger partial charge < -0.3 is 4.74 Å². The third kappa shape index (κ3) is 2.00. The maximum atomic E-state index is 13.2. The van der Waals surface area contributed by atoms with Gasteiger partial charge in [0, 0.05) is 6.04 Å². The molecule has 0 aromatic heterocycles. The first-order valence-corrected chi connectivity index (χ1v) is 4.09. The van der Waals surface area contributed by atoms with Gasteiger partial charge in [0.2, 0.25) is 0 Å². The molecule has 0 fully saturated rings. The van der Waals surface area contributed by atoms with E-state index in [2.05, 4.69) is 10.2 Å². The molecule has 0 aliphatic heterocycles. The van der Waals surface area contributed by atoms with Crippen molar-refractivity contribution in [2.24, 2.45) is 5.84 Å². The molecule has 0 heterocycles. The van der Waals surface area contributed by atoms with Crippen molar-refractivity contribution >= 4 is 0 Å². The lowest BCUT2D eigenvalue weighted by Crippen LogP contribution is -2.25. The summed E-state index contributed by atoms with van der Waals surface area (Å²) >= 11 is 0. The van der Waals surface area contributed by atoms with Gasteiger partial charge in [-0.3, -0.25) is 11.3 Å². The van der Waals surface area contributed by atoms with E-state index in [1.165, 1.54) is 19.2 Å². The molecule has 1 aromatic rings. The predicted molar refractivity (Wildman–Crippen MR) is 48.6 cm³/mol. The highest BCUT2D eigenvalue weighted by Crippen LogP contribution is 2.25. The fraction of sp³-hybridized carbons (Fsp3) is 0.333. The molecule has 0 bridgehead atoms. The fourth-order valence-electron chi connectivity index (χ4n) is 1.12. The van der Waals surface area contributed by atoms with Crippen molar-refractivity contribution in [3.8, 4) is 5.75 Å². The molecule has 0 aliphatic rings. The molecule has 0 radical (unpaired) electrons. The van der Waals surface area contributed by atoms with Crippen molar-refractivity contribution in [3.05, 3.63) is 29.3 Å². The molecule has 5 heteroatoms. The lowest BCUT2D eigenvalue weighted by molar-refractivity contribution is 0.358. The molecule has 1 aromatic carbocycles. The zero-order valence-electron chi connectivity index (χ0n) is 7.97. The van der Waals surface area contributed by atoms with Gasteiger partial charge in [0.05, 0.1) is 7.11 Å². The quantitative estimate of drug-likeness (QED) is 0.576. The number of ether oxygens (including phenoxy) is 1. The Morgan fingerprint density at radius 1 is 1.36 bits per heavy atom. The molecule has 0 saturated carbocycles. The van der Waals surface area contributed by atoms with Crippen molar-refractivity contribution in [3.63, 3.8) is 0 Å². The van der Waals surface area contributed by atoms with Gasteiger partial charge in [-0.15, -0.1) is 0 Å². The third-order valence-electron chi connectivity index (χ3n) is 1.97. The second-order valence-corrected chi connectivity index (χ2v) is 2.91. The topological polar surface area (TPSA) is 47.3 Å². The summed E-state index contributed by atoms with van der Waals surface area (Å²) < 4.78 is 30.9. The lowest BCUT2D eigenvalue weighted by Gasteiger charge is -2.12. The second kappa shape index (κ2) is 4.34. The zero-order valence-corrected chi connectivity index (χ0v) is 7.97. The molecule has 0 saturated heterocycles. The SMILES string of the molecule is COc1c(F)cc(C(C)NN)cc1F. The van der Waals surface area contributed by atoms with E-state index >= 15 is 0 Å². The summed E-state index contributed by atoms with van der Waals surface area (Å²) in [4.78, 5) is 0. The number of nitrogens with two attached hydrogens (primary N) is 1. The normalized spacial score (nSPS) is 12.6. The smallest absolute Gasteiger partial charge is 0.190 e. The number of nitrogens with one attached hydrogen (secondary N) is 1. The van der Waals surface area contributed by atoms with Crippen molar-refractivity contribution in [2.75, 3.05) is 7.11 Å². The molecule has 78 valence electrons. The van der Waals surface area contributed by atoms with Crippen molar-refractivity contribution < 1.29 is 13.5 Å². The average Bonchev–Trinajstić information content (AvgIpc) is 2.16. The van der Waals surface area contributed by atoms with E-state index in [9.17, 15) is 8.78 Å². The van der Waals surface area contributed by atoms with Crippen LogP contribution in [0.2, 0.25) is 0 Å². The Bertz CT molecular complexity index is 308. The standard InChI is InChI=1S/C9H12F2N2O/c1-5(13-12)6-3-7(10)9(14-2)8(11)4-6/h3-5,13H,12H2,1-2H3. The van der Waals surface area contributed by atoms with Crippen LogP contribution in [-0.4, -0.2) is 7.11 Å². The van der Waals surface area contributed by atoms with E-state index in [1.807, 2.05) is 0 Å². The predicted octanol–water partition coefficient (Wildman–Crippen LogP) is 1.50. The highest BCUT2D eigenvalue weighted by Gasteiger charge is 2.13. The number of benzene rings is 1. The first kappa shape index (κ1) is 10.9. The Kier molecular flexibility index (Phi) is 3.38. The Morgan fingerprint density at radius 3 is 2.21 bits per heavy atom. The number of halogens is 2. The van der Waals surface area contributed by atoms with Crippen LogP contribution in [0, 0.1) is 11.6 Å². The van der Waals surface area contributed by atoms with E-state index in [4.69, 9.17) is 5.84 Å². The van der Waals surface area contributed by atoms with Gasteiger partial charge >= 0.3 is 0 Å².